The van der Waals surface area contributed by atoms with Gasteiger partial charge in [0.05, 0.1) is 13.2 Å². The van der Waals surface area contributed by atoms with Crippen molar-refractivity contribution in [2.45, 2.75) is 0 Å². The third-order valence-electron chi connectivity index (χ3n) is 0.431. The predicted octanol–water partition coefficient (Wildman–Crippen LogP) is -1.22. The van der Waals surface area contributed by atoms with Gasteiger partial charge in [-0.3, -0.25) is 5.10 Å². The molecule has 0 spiro atoms. The van der Waals surface area contributed by atoms with Crippen LogP contribution in [0.3, 0.4) is 0 Å². The van der Waals surface area contributed by atoms with Gasteiger partial charge >= 0.3 is 0 Å². The summed E-state index contributed by atoms with van der Waals surface area (Å²) < 4.78 is 0. The van der Waals surface area contributed by atoms with Crippen LogP contribution in [0.2, 0.25) is 0 Å². The number of aromatic nitrogens is 3. The zero-order chi connectivity index (χ0) is 6.95. The Morgan fingerprint density at radius 3 is 2.11 bits per heavy atom. The van der Waals surface area contributed by atoms with Crippen molar-refractivity contribution in [1.29, 1.82) is 0 Å². The maximum Gasteiger partial charge on any atom is 0.137 e. The van der Waals surface area contributed by atoms with Gasteiger partial charge < -0.3 is 10.2 Å². The molecule has 0 fully saturated rings. The summed E-state index contributed by atoms with van der Waals surface area (Å²) in [6, 6.07) is 0. The number of hydrogen-bond donors (Lipinski definition) is 3. The monoisotopic (exact) mass is 131 g/mol. The molecule has 9 heavy (non-hydrogen) atoms. The highest BCUT2D eigenvalue weighted by molar-refractivity contribution is 4.43. The van der Waals surface area contributed by atoms with Crippen LogP contribution >= 0.6 is 0 Å². The van der Waals surface area contributed by atoms with Gasteiger partial charge in [-0.1, -0.05) is 0 Å². The number of H-pyrrole nitrogens is 1. The van der Waals surface area contributed by atoms with Crippen molar-refractivity contribution in [2.24, 2.45) is 0 Å². The molecule has 0 aromatic carbocycles. The smallest absolute Gasteiger partial charge is 0.137 e. The molecule has 0 aliphatic rings. The highest BCUT2D eigenvalue weighted by Crippen LogP contribution is 1.53. The van der Waals surface area contributed by atoms with Gasteiger partial charge in [-0.25, -0.2) is 4.98 Å². The van der Waals surface area contributed by atoms with Crippen molar-refractivity contribution in [2.75, 3.05) is 13.2 Å². The molecule has 1 aromatic rings. The van der Waals surface area contributed by atoms with Crippen LogP contribution in [-0.4, -0.2) is 38.6 Å². The molecular weight excluding hydrogens is 122 g/mol. The summed E-state index contributed by atoms with van der Waals surface area (Å²) in [5.74, 6) is 0. The van der Waals surface area contributed by atoms with Crippen LogP contribution in [0.15, 0.2) is 12.7 Å². The van der Waals surface area contributed by atoms with E-state index in [1.165, 1.54) is 12.7 Å². The molecule has 1 rings (SSSR count). The van der Waals surface area contributed by atoms with Gasteiger partial charge in [-0.05, 0) is 0 Å². The number of hydrogen-bond acceptors (Lipinski definition) is 4. The highest BCUT2D eigenvalue weighted by Gasteiger charge is 1.58. The van der Waals surface area contributed by atoms with Gasteiger partial charge in [0.15, 0.2) is 0 Å². The van der Waals surface area contributed by atoms with Crippen LogP contribution < -0.4 is 0 Å². The summed E-state index contributed by atoms with van der Waals surface area (Å²) in [7, 11) is 0. The molecule has 0 amide bonds. The average molecular weight is 131 g/mol. The van der Waals surface area contributed by atoms with Crippen molar-refractivity contribution < 1.29 is 10.2 Å². The summed E-state index contributed by atoms with van der Waals surface area (Å²) in [5.41, 5.74) is 0. The van der Waals surface area contributed by atoms with Crippen LogP contribution in [0, 0.1) is 0 Å². The molecule has 0 saturated carbocycles. The fourth-order valence-electron chi connectivity index (χ4n) is 0.167. The number of aromatic amines is 1. The standard InChI is InChI=1S/C2H3N3.C2H6O2/c1-3-2-5-4-1;3-1-2-4/h1-2H,(H,3,4,5);3-4H,1-2H2. The molecule has 52 valence electrons. The van der Waals surface area contributed by atoms with Crippen LogP contribution in [0.1, 0.15) is 0 Å². The van der Waals surface area contributed by atoms with E-state index in [1.807, 2.05) is 0 Å². The Morgan fingerprint density at radius 2 is 2.00 bits per heavy atom. The molecule has 3 N–H and O–H groups in total. The number of aliphatic hydroxyl groups excluding tert-OH is 2. The molecule has 0 aliphatic carbocycles. The van der Waals surface area contributed by atoms with Crippen molar-refractivity contribution in [3.63, 3.8) is 0 Å². The fraction of sp³-hybridized carbons (Fsp3) is 0.500. The SMILES string of the molecule is OCCO.c1nc[nH]n1. The van der Waals surface area contributed by atoms with E-state index in [9.17, 15) is 0 Å². The van der Waals surface area contributed by atoms with Crippen molar-refractivity contribution in [3.05, 3.63) is 12.7 Å². The highest BCUT2D eigenvalue weighted by atomic mass is 16.3. The lowest BCUT2D eigenvalue weighted by Gasteiger charge is -1.70. The van der Waals surface area contributed by atoms with Gasteiger partial charge in [0.2, 0.25) is 0 Å². The van der Waals surface area contributed by atoms with E-state index in [0.29, 0.717) is 0 Å². The third kappa shape index (κ3) is 7.06. The molecule has 0 radical (unpaired) electrons. The normalized spacial score (nSPS) is 7.78. The molecule has 0 aliphatic heterocycles. The second-order valence-electron chi connectivity index (χ2n) is 1.10. The largest absolute Gasteiger partial charge is 0.394 e. The van der Waals surface area contributed by atoms with E-state index < -0.39 is 0 Å². The Bertz CT molecular complexity index is 89.3. The van der Waals surface area contributed by atoms with Crippen molar-refractivity contribution in [3.8, 4) is 0 Å². The summed E-state index contributed by atoms with van der Waals surface area (Å²) in [5, 5.41) is 21.2. The molecule has 1 heterocycles. The van der Waals surface area contributed by atoms with E-state index in [1.54, 1.807) is 0 Å². The number of rotatable bonds is 1. The topological polar surface area (TPSA) is 82.0 Å². The first-order valence-corrected chi connectivity index (χ1v) is 2.42. The number of nitrogens with zero attached hydrogens (tertiary/aromatic N) is 2. The summed E-state index contributed by atoms with van der Waals surface area (Å²) in [4.78, 5) is 3.56. The van der Waals surface area contributed by atoms with Gasteiger partial charge in [-0.15, -0.1) is 0 Å². The van der Waals surface area contributed by atoms with E-state index in [2.05, 4.69) is 15.2 Å². The van der Waals surface area contributed by atoms with Gasteiger partial charge in [0.1, 0.15) is 12.7 Å². The quantitative estimate of drug-likeness (QED) is 0.446. The number of aliphatic hydroxyl groups is 2. The predicted molar refractivity (Wildman–Crippen MR) is 30.6 cm³/mol. The Balaban J connectivity index is 0.000000148. The van der Waals surface area contributed by atoms with E-state index in [4.69, 9.17) is 10.2 Å². The Hall–Kier alpha value is -0.940. The lowest BCUT2D eigenvalue weighted by Crippen LogP contribution is -1.85. The summed E-state index contributed by atoms with van der Waals surface area (Å²) in [6.07, 6.45) is 2.96. The fourth-order valence-corrected chi connectivity index (χ4v) is 0.167. The molecule has 0 bridgehead atoms. The molecule has 0 unspecified atom stereocenters. The second-order valence-corrected chi connectivity index (χ2v) is 1.10. The minimum absolute atomic E-state index is 0.125. The van der Waals surface area contributed by atoms with Gasteiger partial charge in [0.25, 0.3) is 0 Å². The maximum absolute atomic E-state index is 7.62. The first kappa shape index (κ1) is 8.06. The van der Waals surface area contributed by atoms with Crippen LogP contribution in [0.4, 0.5) is 0 Å². The van der Waals surface area contributed by atoms with E-state index in [-0.39, 0.29) is 13.2 Å². The molecule has 0 atom stereocenters. The zero-order valence-electron chi connectivity index (χ0n) is 4.86. The first-order chi connectivity index (χ1) is 4.41. The Morgan fingerprint density at radius 1 is 1.33 bits per heavy atom. The van der Waals surface area contributed by atoms with Crippen LogP contribution in [-0.2, 0) is 0 Å². The van der Waals surface area contributed by atoms with Crippen molar-refractivity contribution >= 4 is 0 Å². The lowest BCUT2D eigenvalue weighted by atomic mass is 10.8. The van der Waals surface area contributed by atoms with E-state index in [0.717, 1.165) is 0 Å². The third-order valence-corrected chi connectivity index (χ3v) is 0.431. The van der Waals surface area contributed by atoms with Crippen molar-refractivity contribution in [1.82, 2.24) is 15.2 Å². The molecule has 0 saturated heterocycles. The second kappa shape index (κ2) is 7.06. The first-order valence-electron chi connectivity index (χ1n) is 2.42. The minimum atomic E-state index is -0.125. The summed E-state index contributed by atoms with van der Waals surface area (Å²) in [6.45, 7) is -0.250. The molecule has 1 aromatic heterocycles. The van der Waals surface area contributed by atoms with E-state index >= 15 is 0 Å². The summed E-state index contributed by atoms with van der Waals surface area (Å²) >= 11 is 0. The minimum Gasteiger partial charge on any atom is -0.394 e. The maximum atomic E-state index is 7.62. The molecule has 5 heteroatoms. The molecular formula is C4H9N3O2. The van der Waals surface area contributed by atoms with Crippen LogP contribution in [0.5, 0.6) is 0 Å². The molecule has 5 nitrogen and oxygen atoms in total. The zero-order valence-corrected chi connectivity index (χ0v) is 4.86. The van der Waals surface area contributed by atoms with Crippen LogP contribution in [0.25, 0.3) is 0 Å². The Labute approximate surface area is 52.4 Å². The number of nitrogens with one attached hydrogen (secondary N) is 1. The van der Waals surface area contributed by atoms with Gasteiger partial charge in [-0.2, -0.15) is 5.10 Å². The van der Waals surface area contributed by atoms with Gasteiger partial charge in [0, 0.05) is 0 Å². The average Bonchev–Trinajstić information content (AvgIpc) is 2.43. The Kier molecular flexibility index (Phi) is 6.32. The lowest BCUT2D eigenvalue weighted by molar-refractivity contribution is 0.186.